The van der Waals surface area contributed by atoms with Crippen LogP contribution < -0.4 is 18.9 Å². The van der Waals surface area contributed by atoms with Crippen molar-refractivity contribution in [1.29, 1.82) is 0 Å². The number of ketones is 1. The van der Waals surface area contributed by atoms with Crippen molar-refractivity contribution in [3.63, 3.8) is 0 Å². The number of hydrogen-bond donors (Lipinski definition) is 0. The van der Waals surface area contributed by atoms with Crippen molar-refractivity contribution in [2.75, 3.05) is 21.3 Å². The fraction of sp³-hybridized carbons (Fsp3) is 0.160. The van der Waals surface area contributed by atoms with E-state index in [4.69, 9.17) is 30.5 Å². The second-order valence-electron chi connectivity index (χ2n) is 6.59. The van der Waals surface area contributed by atoms with E-state index in [0.717, 1.165) is 11.1 Å². The number of halogens is 1. The zero-order chi connectivity index (χ0) is 22.2. The van der Waals surface area contributed by atoms with Gasteiger partial charge in [-0.25, -0.2) is 0 Å². The summed E-state index contributed by atoms with van der Waals surface area (Å²) in [4.78, 5) is 12.5. The molecular weight excluding hydrogens is 416 g/mol. The second kappa shape index (κ2) is 10.5. The van der Waals surface area contributed by atoms with Crippen LogP contribution in [0.3, 0.4) is 0 Å². The van der Waals surface area contributed by atoms with Gasteiger partial charge in [0.25, 0.3) is 0 Å². The van der Waals surface area contributed by atoms with Crippen LogP contribution in [-0.4, -0.2) is 27.1 Å². The standard InChI is InChI=1S/C25H23ClO5/c1-28-22-13-8-19(15-25(22)30-3)21(27)11-6-17-7-12-23(24(14-17)29-2)31-16-18-4-9-20(26)10-5-18/h4-15H,16H2,1-3H3/b11-6+. The summed E-state index contributed by atoms with van der Waals surface area (Å²) in [5, 5.41) is 0.681. The maximum absolute atomic E-state index is 12.5. The lowest BCUT2D eigenvalue weighted by atomic mass is 10.1. The molecule has 3 aromatic carbocycles. The molecule has 31 heavy (non-hydrogen) atoms. The molecule has 0 bridgehead atoms. The predicted molar refractivity (Wildman–Crippen MR) is 122 cm³/mol. The number of benzene rings is 3. The summed E-state index contributed by atoms with van der Waals surface area (Å²) in [6.45, 7) is 0.389. The van der Waals surface area contributed by atoms with E-state index >= 15 is 0 Å². The molecule has 0 amide bonds. The summed E-state index contributed by atoms with van der Waals surface area (Å²) in [5.41, 5.74) is 2.31. The first-order valence-electron chi connectivity index (χ1n) is 9.53. The molecule has 0 heterocycles. The highest BCUT2D eigenvalue weighted by Crippen LogP contribution is 2.30. The monoisotopic (exact) mass is 438 g/mol. The Morgan fingerprint density at radius 3 is 2.13 bits per heavy atom. The first-order chi connectivity index (χ1) is 15.0. The molecule has 0 aliphatic heterocycles. The smallest absolute Gasteiger partial charge is 0.185 e. The molecule has 0 spiro atoms. The van der Waals surface area contributed by atoms with Crippen LogP contribution in [0.1, 0.15) is 21.5 Å². The van der Waals surface area contributed by atoms with Crippen LogP contribution in [0, 0.1) is 0 Å². The zero-order valence-corrected chi connectivity index (χ0v) is 18.3. The van der Waals surface area contributed by atoms with Gasteiger partial charge < -0.3 is 18.9 Å². The van der Waals surface area contributed by atoms with E-state index in [1.54, 1.807) is 38.5 Å². The van der Waals surface area contributed by atoms with Crippen LogP contribution in [0.2, 0.25) is 5.02 Å². The Morgan fingerprint density at radius 2 is 1.45 bits per heavy atom. The van der Waals surface area contributed by atoms with Gasteiger partial charge in [0.15, 0.2) is 28.8 Å². The fourth-order valence-corrected chi connectivity index (χ4v) is 3.03. The van der Waals surface area contributed by atoms with Crippen molar-refractivity contribution in [2.45, 2.75) is 6.61 Å². The van der Waals surface area contributed by atoms with E-state index < -0.39 is 0 Å². The maximum atomic E-state index is 12.5. The van der Waals surface area contributed by atoms with Crippen LogP contribution in [-0.2, 0) is 6.61 Å². The van der Waals surface area contributed by atoms with Crippen molar-refractivity contribution in [1.82, 2.24) is 0 Å². The molecule has 0 aliphatic carbocycles. The highest BCUT2D eigenvalue weighted by atomic mass is 35.5. The highest BCUT2D eigenvalue weighted by Gasteiger charge is 2.09. The summed E-state index contributed by atoms with van der Waals surface area (Å²) >= 11 is 5.91. The van der Waals surface area contributed by atoms with Crippen molar-refractivity contribution in [3.05, 3.63) is 88.5 Å². The summed E-state index contributed by atoms with van der Waals surface area (Å²) in [6.07, 6.45) is 3.23. The maximum Gasteiger partial charge on any atom is 0.185 e. The average molecular weight is 439 g/mol. The third kappa shape index (κ3) is 5.80. The van der Waals surface area contributed by atoms with E-state index in [2.05, 4.69) is 0 Å². The Kier molecular flexibility index (Phi) is 7.57. The average Bonchev–Trinajstić information content (AvgIpc) is 2.81. The van der Waals surface area contributed by atoms with Gasteiger partial charge in [0.2, 0.25) is 0 Å². The lowest BCUT2D eigenvalue weighted by molar-refractivity contribution is 0.104. The van der Waals surface area contributed by atoms with E-state index in [-0.39, 0.29) is 5.78 Å². The molecule has 0 unspecified atom stereocenters. The molecule has 0 aliphatic rings. The molecule has 0 atom stereocenters. The summed E-state index contributed by atoms with van der Waals surface area (Å²) in [7, 11) is 4.66. The van der Waals surface area contributed by atoms with Crippen molar-refractivity contribution in [3.8, 4) is 23.0 Å². The Hall–Kier alpha value is -3.44. The first-order valence-corrected chi connectivity index (χ1v) is 9.91. The minimum Gasteiger partial charge on any atom is -0.493 e. The SMILES string of the molecule is COc1ccc(C(=O)/C=C/c2ccc(OCc3ccc(Cl)cc3)c(OC)c2)cc1OC. The lowest BCUT2D eigenvalue weighted by Crippen LogP contribution is -1.98. The predicted octanol–water partition coefficient (Wildman–Crippen LogP) is 5.84. The largest absolute Gasteiger partial charge is 0.493 e. The number of allylic oxidation sites excluding steroid dienone is 1. The second-order valence-corrected chi connectivity index (χ2v) is 7.03. The summed E-state index contributed by atoms with van der Waals surface area (Å²) in [6, 6.07) is 18.0. The molecule has 0 saturated carbocycles. The Balaban J connectivity index is 1.70. The summed E-state index contributed by atoms with van der Waals surface area (Å²) in [5.74, 6) is 2.12. The summed E-state index contributed by atoms with van der Waals surface area (Å²) < 4.78 is 21.8. The number of carbonyl (C=O) groups is 1. The third-order valence-corrected chi connectivity index (χ3v) is 4.84. The van der Waals surface area contributed by atoms with E-state index in [9.17, 15) is 4.79 Å². The lowest BCUT2D eigenvalue weighted by Gasteiger charge is -2.11. The van der Waals surface area contributed by atoms with Gasteiger partial charge >= 0.3 is 0 Å². The Labute approximate surface area is 186 Å². The minimum absolute atomic E-state index is 0.150. The molecule has 0 aromatic heterocycles. The van der Waals surface area contributed by atoms with Gasteiger partial charge in [-0.1, -0.05) is 35.9 Å². The molecular formula is C25H23ClO5. The zero-order valence-electron chi connectivity index (χ0n) is 17.6. The molecule has 6 heteroatoms. The van der Waals surface area contributed by atoms with E-state index in [1.807, 2.05) is 42.5 Å². The van der Waals surface area contributed by atoms with Gasteiger partial charge in [0.1, 0.15) is 6.61 Å². The number of methoxy groups -OCH3 is 3. The normalized spacial score (nSPS) is 10.7. The van der Waals surface area contributed by atoms with Gasteiger partial charge in [0, 0.05) is 10.6 Å². The molecule has 5 nitrogen and oxygen atoms in total. The van der Waals surface area contributed by atoms with Crippen molar-refractivity contribution < 1.29 is 23.7 Å². The third-order valence-electron chi connectivity index (χ3n) is 4.59. The molecule has 0 saturated heterocycles. The van der Waals surface area contributed by atoms with E-state index in [0.29, 0.717) is 40.2 Å². The number of rotatable bonds is 9. The van der Waals surface area contributed by atoms with Crippen molar-refractivity contribution >= 4 is 23.5 Å². The quantitative estimate of drug-likeness (QED) is 0.310. The Morgan fingerprint density at radius 1 is 0.806 bits per heavy atom. The van der Waals surface area contributed by atoms with Crippen LogP contribution in [0.25, 0.3) is 6.08 Å². The molecule has 0 radical (unpaired) electrons. The van der Waals surface area contributed by atoms with Gasteiger partial charge in [-0.3, -0.25) is 4.79 Å². The van der Waals surface area contributed by atoms with Crippen molar-refractivity contribution in [2.24, 2.45) is 0 Å². The van der Waals surface area contributed by atoms with Gasteiger partial charge in [-0.05, 0) is 59.7 Å². The van der Waals surface area contributed by atoms with Crippen LogP contribution >= 0.6 is 11.6 Å². The number of ether oxygens (including phenoxy) is 4. The Bertz CT molecular complexity index is 1070. The number of carbonyl (C=O) groups excluding carboxylic acids is 1. The fourth-order valence-electron chi connectivity index (χ4n) is 2.91. The molecule has 3 aromatic rings. The van der Waals surface area contributed by atoms with E-state index in [1.165, 1.54) is 13.2 Å². The van der Waals surface area contributed by atoms with Crippen LogP contribution in [0.15, 0.2) is 66.7 Å². The minimum atomic E-state index is -0.150. The molecule has 160 valence electrons. The van der Waals surface area contributed by atoms with Gasteiger partial charge in [-0.15, -0.1) is 0 Å². The van der Waals surface area contributed by atoms with Crippen LogP contribution in [0.5, 0.6) is 23.0 Å². The van der Waals surface area contributed by atoms with Gasteiger partial charge in [0.05, 0.1) is 21.3 Å². The molecule has 0 N–H and O–H groups in total. The first kappa shape index (κ1) is 22.2. The molecule has 3 rings (SSSR count). The topological polar surface area (TPSA) is 54.0 Å². The van der Waals surface area contributed by atoms with Crippen LogP contribution in [0.4, 0.5) is 0 Å². The number of hydrogen-bond acceptors (Lipinski definition) is 5. The molecule has 0 fully saturated rings. The highest BCUT2D eigenvalue weighted by molar-refractivity contribution is 6.30. The van der Waals surface area contributed by atoms with Gasteiger partial charge in [-0.2, -0.15) is 0 Å².